The molecule has 1 atom stereocenters. The summed E-state index contributed by atoms with van der Waals surface area (Å²) in [6, 6.07) is 17.7. The maximum absolute atomic E-state index is 12.7. The number of aromatic nitrogens is 2. The van der Waals surface area contributed by atoms with Crippen molar-refractivity contribution < 1.29 is 9.53 Å². The molecule has 1 aliphatic rings. The van der Waals surface area contributed by atoms with Crippen molar-refractivity contribution in [3.8, 4) is 5.75 Å². The molecule has 3 heterocycles. The minimum absolute atomic E-state index is 0.0474. The Morgan fingerprint density at radius 2 is 1.81 bits per heavy atom. The number of fused-ring (bicyclic) bond motifs is 1. The van der Waals surface area contributed by atoms with Crippen LogP contribution in [0.25, 0.3) is 5.52 Å². The topological polar surface area (TPSA) is 50.1 Å². The number of nitrogens with zero attached hydrogens (tertiary/aromatic N) is 4. The number of rotatable bonds is 5. The maximum Gasteiger partial charge on any atom is 0.263 e. The summed E-state index contributed by atoms with van der Waals surface area (Å²) in [6.45, 7) is 5.75. The lowest BCUT2D eigenvalue weighted by Crippen LogP contribution is -2.51. The smallest absolute Gasteiger partial charge is 0.263 e. The van der Waals surface area contributed by atoms with Gasteiger partial charge in [-0.3, -0.25) is 9.69 Å². The van der Waals surface area contributed by atoms with Crippen molar-refractivity contribution in [3.05, 3.63) is 66.5 Å². The molecule has 27 heavy (non-hydrogen) atoms. The molecule has 1 saturated heterocycles. The summed E-state index contributed by atoms with van der Waals surface area (Å²) in [5.74, 6) is 0.773. The van der Waals surface area contributed by atoms with Gasteiger partial charge in [0.1, 0.15) is 5.75 Å². The summed E-state index contributed by atoms with van der Waals surface area (Å²) in [5, 5.41) is 4.61. The lowest BCUT2D eigenvalue weighted by molar-refractivity contribution is -0.139. The molecule has 0 spiro atoms. The lowest BCUT2D eigenvalue weighted by Gasteiger charge is -2.35. The number of hydrogen-bond acceptors (Lipinski definition) is 4. The number of para-hydroxylation sites is 1. The van der Waals surface area contributed by atoms with E-state index in [0.29, 0.717) is 13.1 Å². The fraction of sp³-hybridized carbons (Fsp3) is 0.333. The van der Waals surface area contributed by atoms with Crippen LogP contribution in [0.1, 0.15) is 12.6 Å². The number of hydrogen-bond donors (Lipinski definition) is 0. The van der Waals surface area contributed by atoms with Gasteiger partial charge in [-0.05, 0) is 37.3 Å². The van der Waals surface area contributed by atoms with Crippen LogP contribution in [-0.2, 0) is 11.3 Å². The monoisotopic (exact) mass is 364 g/mol. The number of carbonyl (C=O) groups is 1. The van der Waals surface area contributed by atoms with E-state index in [1.54, 1.807) is 0 Å². The predicted octanol–water partition coefficient (Wildman–Crippen LogP) is 2.45. The van der Waals surface area contributed by atoms with E-state index >= 15 is 0 Å². The lowest BCUT2D eigenvalue weighted by atomic mass is 10.2. The molecule has 0 radical (unpaired) electrons. The van der Waals surface area contributed by atoms with Crippen LogP contribution >= 0.6 is 0 Å². The molecule has 1 amide bonds. The third kappa shape index (κ3) is 4.11. The maximum atomic E-state index is 12.7. The number of piperazine rings is 1. The molecule has 1 aromatic carbocycles. The molecular weight excluding hydrogens is 340 g/mol. The third-order valence-electron chi connectivity index (χ3n) is 4.89. The van der Waals surface area contributed by atoms with E-state index in [2.05, 4.69) is 22.1 Å². The van der Waals surface area contributed by atoms with Crippen molar-refractivity contribution in [2.24, 2.45) is 0 Å². The predicted molar refractivity (Wildman–Crippen MR) is 104 cm³/mol. The van der Waals surface area contributed by atoms with E-state index in [9.17, 15) is 4.79 Å². The minimum Gasteiger partial charge on any atom is -0.481 e. The second-order valence-corrected chi connectivity index (χ2v) is 6.88. The Labute approximate surface area is 159 Å². The molecule has 140 valence electrons. The van der Waals surface area contributed by atoms with Crippen molar-refractivity contribution in [3.63, 3.8) is 0 Å². The van der Waals surface area contributed by atoms with Crippen LogP contribution in [0.15, 0.2) is 60.8 Å². The molecule has 0 N–H and O–H groups in total. The first-order valence-corrected chi connectivity index (χ1v) is 9.35. The molecule has 1 aliphatic heterocycles. The first kappa shape index (κ1) is 17.5. The summed E-state index contributed by atoms with van der Waals surface area (Å²) in [6.07, 6.45) is 1.49. The van der Waals surface area contributed by atoms with Crippen molar-refractivity contribution >= 4 is 11.4 Å². The van der Waals surface area contributed by atoms with E-state index in [1.165, 1.54) is 0 Å². The zero-order chi connectivity index (χ0) is 18.6. The minimum atomic E-state index is -0.475. The fourth-order valence-corrected chi connectivity index (χ4v) is 3.43. The van der Waals surface area contributed by atoms with Crippen molar-refractivity contribution in [1.29, 1.82) is 0 Å². The van der Waals surface area contributed by atoms with Crippen molar-refractivity contribution in [2.75, 3.05) is 26.2 Å². The number of ether oxygens (including phenoxy) is 1. The Kier molecular flexibility index (Phi) is 5.07. The van der Waals surface area contributed by atoms with E-state index in [0.717, 1.165) is 36.6 Å². The molecular formula is C21H24N4O2. The van der Waals surface area contributed by atoms with E-state index in [1.807, 2.05) is 65.0 Å². The van der Waals surface area contributed by atoms with Gasteiger partial charge in [-0.2, -0.15) is 5.10 Å². The summed E-state index contributed by atoms with van der Waals surface area (Å²) in [7, 11) is 0. The SMILES string of the molecule is CC(Oc1ccccc1)C(=O)N1CCN(Cc2cc3ccccn3n2)CC1. The Balaban J connectivity index is 1.29. The second-order valence-electron chi connectivity index (χ2n) is 6.88. The largest absolute Gasteiger partial charge is 0.481 e. The first-order valence-electron chi connectivity index (χ1n) is 9.35. The molecule has 2 aromatic heterocycles. The fourth-order valence-electron chi connectivity index (χ4n) is 3.43. The van der Waals surface area contributed by atoms with Gasteiger partial charge < -0.3 is 9.64 Å². The molecule has 1 unspecified atom stereocenters. The normalized spacial score (nSPS) is 16.4. The quantitative estimate of drug-likeness (QED) is 0.698. The molecule has 6 heteroatoms. The van der Waals surface area contributed by atoms with Gasteiger partial charge in [0.15, 0.2) is 6.10 Å². The Morgan fingerprint density at radius 1 is 1.07 bits per heavy atom. The molecule has 0 bridgehead atoms. The summed E-state index contributed by atoms with van der Waals surface area (Å²) >= 11 is 0. The van der Waals surface area contributed by atoms with Crippen molar-refractivity contribution in [2.45, 2.75) is 19.6 Å². The summed E-state index contributed by atoms with van der Waals surface area (Å²) in [5.41, 5.74) is 2.16. The van der Waals surface area contributed by atoms with Crippen LogP contribution in [-0.4, -0.2) is 57.6 Å². The number of pyridine rings is 1. The van der Waals surface area contributed by atoms with Crippen LogP contribution in [0.2, 0.25) is 0 Å². The highest BCUT2D eigenvalue weighted by Gasteiger charge is 2.26. The average Bonchev–Trinajstić information content (AvgIpc) is 3.11. The van der Waals surface area contributed by atoms with Gasteiger partial charge in [-0.15, -0.1) is 0 Å². The van der Waals surface area contributed by atoms with Crippen LogP contribution in [0, 0.1) is 0 Å². The Bertz CT molecular complexity index is 868. The van der Waals surface area contributed by atoms with Gasteiger partial charge in [-0.25, -0.2) is 4.52 Å². The van der Waals surface area contributed by atoms with E-state index < -0.39 is 6.10 Å². The van der Waals surface area contributed by atoms with E-state index in [4.69, 9.17) is 4.74 Å². The van der Waals surface area contributed by atoms with Crippen LogP contribution in [0.3, 0.4) is 0 Å². The van der Waals surface area contributed by atoms with E-state index in [-0.39, 0.29) is 5.91 Å². The van der Waals surface area contributed by atoms with Crippen LogP contribution in [0.4, 0.5) is 0 Å². The highest BCUT2D eigenvalue weighted by molar-refractivity contribution is 5.81. The number of carbonyl (C=O) groups excluding carboxylic acids is 1. The molecule has 0 aliphatic carbocycles. The van der Waals surface area contributed by atoms with Crippen molar-refractivity contribution in [1.82, 2.24) is 19.4 Å². The summed E-state index contributed by atoms with van der Waals surface area (Å²) in [4.78, 5) is 16.9. The molecule has 1 fully saturated rings. The van der Waals surface area contributed by atoms with Crippen LogP contribution in [0.5, 0.6) is 5.75 Å². The average molecular weight is 364 g/mol. The first-order chi connectivity index (χ1) is 13.2. The van der Waals surface area contributed by atoms with Gasteiger partial charge in [0, 0.05) is 38.9 Å². The second kappa shape index (κ2) is 7.80. The zero-order valence-electron chi connectivity index (χ0n) is 15.5. The molecule has 4 rings (SSSR count). The molecule has 0 saturated carbocycles. The van der Waals surface area contributed by atoms with Gasteiger partial charge in [0.25, 0.3) is 5.91 Å². The zero-order valence-corrected chi connectivity index (χ0v) is 15.5. The van der Waals surface area contributed by atoms with Gasteiger partial charge in [0.2, 0.25) is 0 Å². The molecule has 6 nitrogen and oxygen atoms in total. The highest BCUT2D eigenvalue weighted by Crippen LogP contribution is 2.14. The Morgan fingerprint density at radius 3 is 2.56 bits per heavy atom. The summed E-state index contributed by atoms with van der Waals surface area (Å²) < 4.78 is 7.67. The highest BCUT2D eigenvalue weighted by atomic mass is 16.5. The van der Waals surface area contributed by atoms with Crippen LogP contribution < -0.4 is 4.74 Å². The molecule has 3 aromatic rings. The number of benzene rings is 1. The standard InChI is InChI=1S/C21H24N4O2/c1-17(27-20-8-3-2-4-9-20)21(26)24-13-11-23(12-14-24)16-18-15-19-7-5-6-10-25(19)22-18/h2-10,15,17H,11-14,16H2,1H3. The van der Waals surface area contributed by atoms with Gasteiger partial charge >= 0.3 is 0 Å². The van der Waals surface area contributed by atoms with Gasteiger partial charge in [-0.1, -0.05) is 24.3 Å². The number of amides is 1. The Hall–Kier alpha value is -2.86. The van der Waals surface area contributed by atoms with Gasteiger partial charge in [0.05, 0.1) is 11.2 Å². The third-order valence-corrected chi connectivity index (χ3v) is 4.89.